The van der Waals surface area contributed by atoms with Crippen LogP contribution < -0.4 is 147 Å². The summed E-state index contributed by atoms with van der Waals surface area (Å²) in [7, 11) is -53.9. The first-order chi connectivity index (χ1) is 20.0. The van der Waals surface area contributed by atoms with Gasteiger partial charge >= 0.3 is 405 Å². The molecule has 0 rings (SSSR count). The second-order valence-electron chi connectivity index (χ2n) is 4.47. The van der Waals surface area contributed by atoms with E-state index in [1.165, 1.54) is 0 Å². The van der Waals surface area contributed by atoms with E-state index in [1.54, 1.807) is 0 Å². The average Bonchev–Trinajstić information content (AvgIpc) is 2.34. The normalized spacial score (nSPS) is 9.52. The summed E-state index contributed by atoms with van der Waals surface area (Å²) in [5.74, 6) is 0. The molecule has 0 fully saturated rings. The third-order valence-electron chi connectivity index (χ3n) is 0. The van der Waals surface area contributed by atoms with Crippen molar-refractivity contribution >= 4 is 418 Å². The van der Waals surface area contributed by atoms with Crippen LogP contribution in [-0.4, -0.2) is 340 Å². The van der Waals surface area contributed by atoms with Gasteiger partial charge in [-0.15, -0.1) is 0 Å². The van der Waals surface area contributed by atoms with Crippen molar-refractivity contribution < 1.29 is 258 Å². The summed E-state index contributed by atoms with van der Waals surface area (Å²) in [4.78, 5) is 256. The van der Waals surface area contributed by atoms with Crippen molar-refractivity contribution in [3.63, 3.8) is 0 Å². The standard InChI is InChI=1S/9Ca.10H3O4P.3Ti/c;;;;;;;;;10*1-5(2,3)4;;;/h;;;;;;;;;10*(H3,1,2,3,4);;;/q9*+2;;;;;;;;;;;3*+4/p-30. The molecule has 0 aliphatic carbocycles. The molecular weight excluding hydrogens is 1450 g/mol. The molecule has 0 N–H and O–H groups in total. The van der Waals surface area contributed by atoms with Gasteiger partial charge in [0.2, 0.25) is 0 Å². The molecule has 0 aromatic carbocycles. The zero-order valence-electron chi connectivity index (χ0n) is 28.7. The second-order valence-corrected chi connectivity index (χ2v) is 13.4. The van der Waals surface area contributed by atoms with E-state index in [0.717, 1.165) is 0 Å². The predicted octanol–water partition coefficient (Wildman–Crippen LogP) is -31.7. The summed E-state index contributed by atoms with van der Waals surface area (Å²) < 4.78 is 85.5. The quantitative estimate of drug-likeness (QED) is 0.160. The van der Waals surface area contributed by atoms with E-state index in [1.807, 2.05) is 0 Å². The first kappa shape index (κ1) is 147. The minimum absolute atomic E-state index is 0. The fourth-order valence-electron chi connectivity index (χ4n) is 0. The molecule has 62 heavy (non-hydrogen) atoms. The van der Waals surface area contributed by atoms with Crippen molar-refractivity contribution in [1.82, 2.24) is 0 Å². The molecule has 0 aromatic rings. The number of phosphoric acid groups is 10. The minimum Gasteiger partial charge on any atom is -0.822 e. The van der Waals surface area contributed by atoms with Crippen LogP contribution in [0.2, 0.25) is 0 Å². The molecule has 0 atom stereocenters. The van der Waals surface area contributed by atoms with Crippen molar-refractivity contribution in [1.29, 1.82) is 0 Å². The number of hydrogen-bond donors (Lipinski definition) is 0. The van der Waals surface area contributed by atoms with Gasteiger partial charge in [-0.05, 0) is 0 Å². The predicted molar refractivity (Wildman–Crippen MR) is 128 cm³/mol. The van der Waals surface area contributed by atoms with Gasteiger partial charge in [-0.2, -0.15) is 78.2 Å². The summed E-state index contributed by atoms with van der Waals surface area (Å²) in [5, 5.41) is 0. The molecule has 0 amide bonds. The maximum atomic E-state index is 8.55. The van der Waals surface area contributed by atoms with Gasteiger partial charge in [0.1, 0.15) is 0 Å². The van der Waals surface area contributed by atoms with Gasteiger partial charge in [-0.3, -0.25) is 0 Å². The summed E-state index contributed by atoms with van der Waals surface area (Å²) in [6.45, 7) is 0. The minimum atomic E-state index is -5.39. The Morgan fingerprint density at radius 1 is 0.129 bits per heavy atom. The molecular formula is Ca9O40P10Ti3. The summed E-state index contributed by atoms with van der Waals surface area (Å²) >= 11 is 0. The molecule has 0 aliphatic heterocycles. The first-order valence-electron chi connectivity index (χ1n) is 7.30. The second kappa shape index (κ2) is 75.6. The number of hydrogen-bond acceptors (Lipinski definition) is 40. The van der Waals surface area contributed by atoms with Gasteiger partial charge in [-0.1, -0.05) is 0 Å². The van der Waals surface area contributed by atoms with Crippen molar-refractivity contribution in [2.24, 2.45) is 0 Å². The maximum Gasteiger partial charge on any atom is 4.00 e. The summed E-state index contributed by atoms with van der Waals surface area (Å²) in [5.41, 5.74) is 0. The Morgan fingerprint density at radius 2 is 0.129 bits per heavy atom. The van der Waals surface area contributed by atoms with Crippen molar-refractivity contribution in [2.75, 3.05) is 0 Å². The number of rotatable bonds is 0. The van der Waals surface area contributed by atoms with Gasteiger partial charge in [0.15, 0.2) is 0 Å². The summed E-state index contributed by atoms with van der Waals surface area (Å²) in [6, 6.07) is 0. The molecule has 0 spiro atoms. The van der Waals surface area contributed by atoms with Crippen LogP contribution in [0.3, 0.4) is 0 Å². The smallest absolute Gasteiger partial charge is 0.822 e. The van der Waals surface area contributed by atoms with Crippen LogP contribution in [0, 0.1) is 0 Å². The van der Waals surface area contributed by atoms with Crippen LogP contribution in [0.4, 0.5) is 0 Å². The Balaban J connectivity index is -0.0000000140. The fraction of sp³-hybridized carbons (Fsp3) is 0. The summed E-state index contributed by atoms with van der Waals surface area (Å²) in [6.07, 6.45) is 0. The molecule has 0 saturated heterocycles. The Labute approximate surface area is 659 Å². The van der Waals surface area contributed by atoms with Crippen LogP contribution in [-0.2, 0) is 111 Å². The van der Waals surface area contributed by atoms with Gasteiger partial charge < -0.3 is 192 Å². The molecule has 320 valence electrons. The molecule has 0 heterocycles. The maximum absolute atomic E-state index is 8.55. The third kappa shape index (κ3) is 1900. The van der Waals surface area contributed by atoms with Gasteiger partial charge in [0.05, 0.1) is 0 Å². The molecule has 40 nitrogen and oxygen atoms in total. The SMILES string of the molecule is O=P([O-])([O-])[O-].O=P([O-])([O-])[O-].O=P([O-])([O-])[O-].O=P([O-])([O-])[O-].O=P([O-])([O-])[O-].O=P([O-])([O-])[O-].O=P([O-])([O-])[O-].O=P([O-])([O-])[O-].O=P([O-])([O-])[O-].O=P([O-])([O-])[O-].[Ca+2].[Ca+2].[Ca+2].[Ca+2].[Ca+2].[Ca+2].[Ca+2].[Ca+2].[Ca+2].[Ti+4].[Ti+4].[Ti+4]. The molecule has 62 heteroatoms. The average molecular weight is 1450 g/mol. The molecule has 0 aliphatic rings. The van der Waals surface area contributed by atoms with E-state index < -0.39 is 78.2 Å². The van der Waals surface area contributed by atoms with Crippen LogP contribution in [0.15, 0.2) is 0 Å². The Hall–Kier alpha value is 14.6. The van der Waals surface area contributed by atoms with E-state index in [4.69, 9.17) is 192 Å². The molecule has 0 saturated carbocycles. The zero-order chi connectivity index (χ0) is 45.0. The van der Waals surface area contributed by atoms with E-state index in [9.17, 15) is 0 Å². The fourth-order valence-corrected chi connectivity index (χ4v) is 0. The molecule has 0 radical (unpaired) electrons. The van der Waals surface area contributed by atoms with Crippen molar-refractivity contribution in [3.05, 3.63) is 0 Å². The molecule has 0 unspecified atom stereocenters. The Bertz CT molecular complexity index is 884. The molecule has 0 aromatic heterocycles. The van der Waals surface area contributed by atoms with Crippen LogP contribution >= 0.6 is 78.2 Å². The van der Waals surface area contributed by atoms with Gasteiger partial charge in [0, 0.05) is 0 Å². The van der Waals surface area contributed by atoms with Crippen LogP contribution in [0.25, 0.3) is 0 Å². The third-order valence-corrected chi connectivity index (χ3v) is 0. The van der Waals surface area contributed by atoms with E-state index in [0.29, 0.717) is 0 Å². The first-order valence-corrected chi connectivity index (χ1v) is 21.9. The van der Waals surface area contributed by atoms with Gasteiger partial charge in [0.25, 0.3) is 0 Å². The van der Waals surface area contributed by atoms with Crippen LogP contribution in [0.1, 0.15) is 0 Å². The van der Waals surface area contributed by atoms with Crippen molar-refractivity contribution in [3.8, 4) is 0 Å². The van der Waals surface area contributed by atoms with E-state index in [2.05, 4.69) is 0 Å². The van der Waals surface area contributed by atoms with E-state index >= 15 is 0 Å². The topological polar surface area (TPSA) is 862 Å². The monoisotopic (exact) mass is 1450 g/mol. The van der Waals surface area contributed by atoms with Gasteiger partial charge in [-0.25, -0.2) is 0 Å². The van der Waals surface area contributed by atoms with E-state index in [-0.39, 0.29) is 405 Å². The zero-order valence-corrected chi connectivity index (χ0v) is 62.2. The molecule has 0 bridgehead atoms. The van der Waals surface area contributed by atoms with Crippen molar-refractivity contribution in [2.45, 2.75) is 0 Å². The largest absolute Gasteiger partial charge is 4.00 e. The Kier molecular flexibility index (Phi) is 179. The Morgan fingerprint density at radius 3 is 0.129 bits per heavy atom. The van der Waals surface area contributed by atoms with Crippen LogP contribution in [0.5, 0.6) is 0 Å².